The normalized spacial score (nSPS) is 11.2. The summed E-state index contributed by atoms with van der Waals surface area (Å²) in [5, 5.41) is 13.4. The fourth-order valence-corrected chi connectivity index (χ4v) is 3.59. The largest absolute Gasteiger partial charge is 0.504 e. The number of carbonyl (C=O) groups excluding carboxylic acids is 1. The lowest BCUT2D eigenvalue weighted by atomic mass is 10.2. The van der Waals surface area contributed by atoms with Crippen molar-refractivity contribution in [2.45, 2.75) is 4.90 Å². The zero-order valence-electron chi connectivity index (χ0n) is 15.9. The summed E-state index contributed by atoms with van der Waals surface area (Å²) >= 11 is 0. The van der Waals surface area contributed by atoms with Crippen molar-refractivity contribution < 1.29 is 23.1 Å². The van der Waals surface area contributed by atoms with Crippen molar-refractivity contribution in [1.82, 2.24) is 5.43 Å². The van der Waals surface area contributed by atoms with Gasteiger partial charge in [0.1, 0.15) is 0 Å². The quantitative estimate of drug-likeness (QED) is 0.397. The number of methoxy groups -OCH3 is 1. The van der Waals surface area contributed by atoms with Gasteiger partial charge in [0, 0.05) is 11.3 Å². The van der Waals surface area contributed by atoms with Gasteiger partial charge in [0.05, 0.1) is 18.2 Å². The Morgan fingerprint density at radius 1 is 1.03 bits per heavy atom. The van der Waals surface area contributed by atoms with E-state index in [-0.39, 0.29) is 10.6 Å². The van der Waals surface area contributed by atoms with E-state index in [1.807, 2.05) is 0 Å². The summed E-state index contributed by atoms with van der Waals surface area (Å²) < 4.78 is 32.1. The van der Waals surface area contributed by atoms with Gasteiger partial charge in [-0.15, -0.1) is 0 Å². The first-order valence-electron chi connectivity index (χ1n) is 8.77. The molecule has 1 amide bonds. The van der Waals surface area contributed by atoms with E-state index in [1.54, 1.807) is 30.3 Å². The molecule has 3 aromatic carbocycles. The minimum Gasteiger partial charge on any atom is -0.504 e. The third-order valence-electron chi connectivity index (χ3n) is 4.04. The molecular weight excluding hydrogens is 406 g/mol. The SMILES string of the molecule is COc1cc(C=NNC(=O)c2ccc(NS(=O)(=O)c3ccccc3)cc2)ccc1O. The molecule has 0 fully saturated rings. The molecule has 0 heterocycles. The van der Waals surface area contributed by atoms with Crippen LogP contribution in [0.4, 0.5) is 5.69 Å². The Labute approximate surface area is 173 Å². The number of rotatable bonds is 7. The zero-order chi connectivity index (χ0) is 21.6. The predicted octanol–water partition coefficient (Wildman–Crippen LogP) is 2.97. The number of nitrogens with one attached hydrogen (secondary N) is 2. The lowest BCUT2D eigenvalue weighted by molar-refractivity contribution is 0.0955. The number of hydrazone groups is 1. The predicted molar refractivity (Wildman–Crippen MR) is 113 cm³/mol. The van der Waals surface area contributed by atoms with Gasteiger partial charge in [-0.1, -0.05) is 18.2 Å². The number of hydrogen-bond donors (Lipinski definition) is 3. The molecule has 0 saturated carbocycles. The molecule has 9 heteroatoms. The number of amides is 1. The number of nitrogens with zero attached hydrogens (tertiary/aromatic N) is 1. The van der Waals surface area contributed by atoms with E-state index in [9.17, 15) is 18.3 Å². The van der Waals surface area contributed by atoms with Crippen LogP contribution in [0.15, 0.2) is 82.8 Å². The summed E-state index contributed by atoms with van der Waals surface area (Å²) in [5.41, 5.74) is 3.64. The summed E-state index contributed by atoms with van der Waals surface area (Å²) in [6.07, 6.45) is 1.40. The average Bonchev–Trinajstić information content (AvgIpc) is 2.75. The van der Waals surface area contributed by atoms with Crippen LogP contribution in [0, 0.1) is 0 Å². The van der Waals surface area contributed by atoms with Crippen molar-refractivity contribution in [1.29, 1.82) is 0 Å². The van der Waals surface area contributed by atoms with Crippen molar-refractivity contribution in [3.05, 3.63) is 83.9 Å². The van der Waals surface area contributed by atoms with Gasteiger partial charge in [-0.25, -0.2) is 13.8 Å². The Kier molecular flexibility index (Phi) is 6.33. The molecule has 30 heavy (non-hydrogen) atoms. The van der Waals surface area contributed by atoms with Crippen molar-refractivity contribution in [3.8, 4) is 11.5 Å². The number of sulfonamides is 1. The molecule has 0 unspecified atom stereocenters. The van der Waals surface area contributed by atoms with Gasteiger partial charge in [-0.2, -0.15) is 5.10 Å². The van der Waals surface area contributed by atoms with E-state index in [0.29, 0.717) is 22.6 Å². The number of benzene rings is 3. The second kappa shape index (κ2) is 9.10. The molecule has 0 aromatic heterocycles. The zero-order valence-corrected chi connectivity index (χ0v) is 16.8. The molecule has 0 spiro atoms. The van der Waals surface area contributed by atoms with Gasteiger partial charge in [-0.3, -0.25) is 9.52 Å². The first kappa shape index (κ1) is 20.9. The fourth-order valence-electron chi connectivity index (χ4n) is 2.51. The van der Waals surface area contributed by atoms with Gasteiger partial charge >= 0.3 is 0 Å². The number of phenols is 1. The van der Waals surface area contributed by atoms with E-state index in [0.717, 1.165) is 0 Å². The van der Waals surface area contributed by atoms with E-state index in [1.165, 1.54) is 55.8 Å². The molecule has 0 atom stereocenters. The van der Waals surface area contributed by atoms with Crippen LogP contribution in [0.5, 0.6) is 11.5 Å². The molecule has 0 aliphatic rings. The molecule has 0 aliphatic carbocycles. The van der Waals surface area contributed by atoms with Crippen LogP contribution in [0.1, 0.15) is 15.9 Å². The van der Waals surface area contributed by atoms with Crippen molar-refractivity contribution in [2.75, 3.05) is 11.8 Å². The minimum atomic E-state index is -3.70. The molecule has 3 N–H and O–H groups in total. The second-order valence-corrected chi connectivity index (χ2v) is 7.81. The number of anilines is 1. The van der Waals surface area contributed by atoms with Crippen LogP contribution in [-0.2, 0) is 10.0 Å². The summed E-state index contributed by atoms with van der Waals surface area (Å²) in [6.45, 7) is 0. The third-order valence-corrected chi connectivity index (χ3v) is 5.43. The molecule has 0 bridgehead atoms. The smallest absolute Gasteiger partial charge is 0.271 e. The highest BCUT2D eigenvalue weighted by Crippen LogP contribution is 2.25. The lowest BCUT2D eigenvalue weighted by Crippen LogP contribution is -2.18. The average molecular weight is 425 g/mol. The molecule has 0 aliphatic heterocycles. The molecule has 154 valence electrons. The Bertz CT molecular complexity index is 1160. The molecule has 8 nitrogen and oxygen atoms in total. The molecule has 3 rings (SSSR count). The highest BCUT2D eigenvalue weighted by Gasteiger charge is 2.13. The molecule has 0 saturated heterocycles. The Morgan fingerprint density at radius 3 is 2.40 bits per heavy atom. The fraction of sp³-hybridized carbons (Fsp3) is 0.0476. The number of hydrogen-bond acceptors (Lipinski definition) is 6. The summed E-state index contributed by atoms with van der Waals surface area (Å²) in [6, 6.07) is 18.6. The Hall–Kier alpha value is -3.85. The number of phenolic OH excluding ortho intramolecular Hbond substituents is 1. The van der Waals surface area contributed by atoms with Crippen LogP contribution < -0.4 is 14.9 Å². The summed E-state index contributed by atoms with van der Waals surface area (Å²) in [5.74, 6) is -0.171. The monoisotopic (exact) mass is 425 g/mol. The first-order chi connectivity index (χ1) is 14.4. The number of aromatic hydroxyl groups is 1. The molecule has 0 radical (unpaired) electrons. The van der Waals surface area contributed by atoms with Crippen molar-refractivity contribution in [3.63, 3.8) is 0 Å². The van der Waals surface area contributed by atoms with Gasteiger partial charge in [0.15, 0.2) is 11.5 Å². The summed E-state index contributed by atoms with van der Waals surface area (Å²) in [4.78, 5) is 12.3. The van der Waals surface area contributed by atoms with Crippen LogP contribution >= 0.6 is 0 Å². The van der Waals surface area contributed by atoms with E-state index in [2.05, 4.69) is 15.2 Å². The van der Waals surface area contributed by atoms with Gasteiger partial charge in [0.25, 0.3) is 15.9 Å². The van der Waals surface area contributed by atoms with Gasteiger partial charge in [-0.05, 0) is 60.2 Å². The highest BCUT2D eigenvalue weighted by molar-refractivity contribution is 7.92. The Morgan fingerprint density at radius 2 is 1.73 bits per heavy atom. The lowest BCUT2D eigenvalue weighted by Gasteiger charge is -2.08. The third kappa shape index (κ3) is 5.15. The van der Waals surface area contributed by atoms with Gasteiger partial charge in [0.2, 0.25) is 0 Å². The maximum atomic E-state index is 12.3. The van der Waals surface area contributed by atoms with E-state index < -0.39 is 15.9 Å². The number of carbonyl (C=O) groups is 1. The van der Waals surface area contributed by atoms with Crippen LogP contribution in [0.25, 0.3) is 0 Å². The van der Waals surface area contributed by atoms with E-state index in [4.69, 9.17) is 4.74 Å². The maximum Gasteiger partial charge on any atom is 0.271 e. The molecular formula is C21H19N3O5S. The van der Waals surface area contributed by atoms with Crippen LogP contribution in [0.2, 0.25) is 0 Å². The van der Waals surface area contributed by atoms with Crippen LogP contribution in [0.3, 0.4) is 0 Å². The Balaban J connectivity index is 1.62. The highest BCUT2D eigenvalue weighted by atomic mass is 32.2. The van der Waals surface area contributed by atoms with Crippen molar-refractivity contribution >= 4 is 27.8 Å². The maximum absolute atomic E-state index is 12.3. The van der Waals surface area contributed by atoms with E-state index >= 15 is 0 Å². The number of ether oxygens (including phenoxy) is 1. The standard InChI is InChI=1S/C21H19N3O5S/c1-29-20-13-15(7-12-19(20)25)14-22-23-21(26)16-8-10-17(11-9-16)24-30(27,28)18-5-3-2-4-6-18/h2-14,24-25H,1H3,(H,23,26). The first-order valence-corrected chi connectivity index (χ1v) is 10.3. The van der Waals surface area contributed by atoms with Crippen LogP contribution in [-0.4, -0.2) is 32.8 Å². The summed E-state index contributed by atoms with van der Waals surface area (Å²) in [7, 11) is -2.27. The second-order valence-electron chi connectivity index (χ2n) is 6.13. The van der Waals surface area contributed by atoms with Gasteiger partial charge < -0.3 is 9.84 Å². The van der Waals surface area contributed by atoms with Crippen molar-refractivity contribution in [2.24, 2.45) is 5.10 Å². The minimum absolute atomic E-state index is 0.00154. The molecule has 3 aromatic rings. The topological polar surface area (TPSA) is 117 Å².